The largest absolute Gasteiger partial charge is 0.366 e. The number of H-pyrrole nitrogens is 1. The molecule has 0 saturated carbocycles. The Morgan fingerprint density at radius 2 is 2.00 bits per heavy atom. The van der Waals surface area contributed by atoms with Crippen molar-refractivity contribution in [1.29, 1.82) is 0 Å². The summed E-state index contributed by atoms with van der Waals surface area (Å²) in [5.74, 6) is -0.407. The maximum absolute atomic E-state index is 12.1. The summed E-state index contributed by atoms with van der Waals surface area (Å²) in [5.41, 5.74) is 5.38. The lowest BCUT2D eigenvalue weighted by Gasteiger charge is -2.37. The molecule has 8 heteroatoms. The average molecular weight is 253 g/mol. The number of ether oxygens (including phenoxy) is 2. The Kier molecular flexibility index (Phi) is 2.67. The zero-order valence-corrected chi connectivity index (χ0v) is 9.89. The van der Waals surface area contributed by atoms with E-state index < -0.39 is 5.79 Å². The van der Waals surface area contributed by atoms with Gasteiger partial charge in [0.15, 0.2) is 5.79 Å². The molecular weight excluding hydrogens is 238 g/mol. The standard InChI is InChI=1S/C10H15N5O3/c11-9-12-7(13-14-9)8(16)15-3-1-10(2-4-15)17-5-6-18-10/h1-6H2,(H3,11,12,13,14). The number of likely N-dealkylation sites (tertiary alicyclic amines) is 1. The third kappa shape index (κ3) is 1.93. The van der Waals surface area contributed by atoms with E-state index in [-0.39, 0.29) is 17.7 Å². The lowest BCUT2D eigenvalue weighted by Crippen LogP contribution is -2.47. The van der Waals surface area contributed by atoms with Crippen LogP contribution >= 0.6 is 0 Å². The number of nitrogens with one attached hydrogen (secondary N) is 1. The van der Waals surface area contributed by atoms with Crippen molar-refractivity contribution in [2.45, 2.75) is 18.6 Å². The molecule has 0 aliphatic carbocycles. The number of nitrogens with zero attached hydrogens (tertiary/aromatic N) is 3. The van der Waals surface area contributed by atoms with Gasteiger partial charge in [0.05, 0.1) is 13.2 Å². The van der Waals surface area contributed by atoms with Gasteiger partial charge >= 0.3 is 0 Å². The molecule has 0 atom stereocenters. The molecule has 3 rings (SSSR count). The van der Waals surface area contributed by atoms with E-state index in [4.69, 9.17) is 15.2 Å². The number of hydrogen-bond acceptors (Lipinski definition) is 6. The van der Waals surface area contributed by atoms with E-state index in [0.29, 0.717) is 39.1 Å². The molecule has 2 fully saturated rings. The van der Waals surface area contributed by atoms with E-state index in [0.717, 1.165) is 0 Å². The Morgan fingerprint density at radius 1 is 1.33 bits per heavy atom. The van der Waals surface area contributed by atoms with Crippen LogP contribution in [0.5, 0.6) is 0 Å². The van der Waals surface area contributed by atoms with Gasteiger partial charge in [0.1, 0.15) is 0 Å². The fourth-order valence-electron chi connectivity index (χ4n) is 2.36. The fraction of sp³-hybridized carbons (Fsp3) is 0.700. The highest BCUT2D eigenvalue weighted by Crippen LogP contribution is 2.31. The van der Waals surface area contributed by atoms with Crippen molar-refractivity contribution in [1.82, 2.24) is 20.1 Å². The highest BCUT2D eigenvalue weighted by Gasteiger charge is 2.41. The molecule has 8 nitrogen and oxygen atoms in total. The monoisotopic (exact) mass is 253 g/mol. The van der Waals surface area contributed by atoms with Gasteiger partial charge < -0.3 is 20.1 Å². The summed E-state index contributed by atoms with van der Waals surface area (Å²) in [7, 11) is 0. The Balaban J connectivity index is 1.64. The molecule has 0 aromatic carbocycles. The van der Waals surface area contributed by atoms with Crippen LogP contribution in [-0.2, 0) is 9.47 Å². The van der Waals surface area contributed by atoms with E-state index >= 15 is 0 Å². The normalized spacial score (nSPS) is 22.6. The molecule has 2 aliphatic rings. The third-order valence-corrected chi connectivity index (χ3v) is 3.33. The first-order valence-corrected chi connectivity index (χ1v) is 5.94. The smallest absolute Gasteiger partial charge is 0.291 e. The number of aromatic nitrogens is 3. The number of carbonyl (C=O) groups excluding carboxylic acids is 1. The Labute approximate surface area is 103 Å². The van der Waals surface area contributed by atoms with Crippen molar-refractivity contribution >= 4 is 11.9 Å². The number of piperidine rings is 1. The molecule has 1 spiro atoms. The van der Waals surface area contributed by atoms with Crippen LogP contribution in [0.4, 0.5) is 5.95 Å². The Hall–Kier alpha value is -1.67. The number of amides is 1. The zero-order valence-electron chi connectivity index (χ0n) is 9.89. The molecule has 3 N–H and O–H groups in total. The summed E-state index contributed by atoms with van der Waals surface area (Å²) >= 11 is 0. The molecule has 0 radical (unpaired) electrons. The van der Waals surface area contributed by atoms with Crippen LogP contribution in [0.2, 0.25) is 0 Å². The Bertz CT molecular complexity index is 444. The van der Waals surface area contributed by atoms with Gasteiger partial charge in [0.25, 0.3) is 5.91 Å². The van der Waals surface area contributed by atoms with Gasteiger partial charge in [-0.25, -0.2) is 0 Å². The summed E-state index contributed by atoms with van der Waals surface area (Å²) in [5, 5.41) is 6.17. The maximum Gasteiger partial charge on any atom is 0.291 e. The minimum absolute atomic E-state index is 0.0780. The van der Waals surface area contributed by atoms with Gasteiger partial charge in [-0.3, -0.25) is 9.89 Å². The van der Waals surface area contributed by atoms with E-state index in [1.807, 2.05) is 0 Å². The summed E-state index contributed by atoms with van der Waals surface area (Å²) in [6.07, 6.45) is 1.37. The lowest BCUT2D eigenvalue weighted by molar-refractivity contribution is -0.181. The quantitative estimate of drug-likeness (QED) is 0.690. The average Bonchev–Trinajstić information content (AvgIpc) is 3.00. The molecule has 0 unspecified atom stereocenters. The van der Waals surface area contributed by atoms with E-state index in [2.05, 4.69) is 15.2 Å². The van der Waals surface area contributed by atoms with E-state index in [9.17, 15) is 4.79 Å². The van der Waals surface area contributed by atoms with Crippen molar-refractivity contribution < 1.29 is 14.3 Å². The van der Waals surface area contributed by atoms with Crippen LogP contribution in [0, 0.1) is 0 Å². The SMILES string of the molecule is Nc1n[nH]c(C(=O)N2CCC3(CC2)OCCO3)n1. The van der Waals surface area contributed by atoms with Gasteiger partial charge in [-0.05, 0) is 0 Å². The van der Waals surface area contributed by atoms with Gasteiger partial charge in [0, 0.05) is 25.9 Å². The van der Waals surface area contributed by atoms with Crippen LogP contribution in [0.25, 0.3) is 0 Å². The zero-order chi connectivity index (χ0) is 12.6. The molecule has 18 heavy (non-hydrogen) atoms. The van der Waals surface area contributed by atoms with Crippen molar-refractivity contribution in [2.24, 2.45) is 0 Å². The summed E-state index contributed by atoms with van der Waals surface area (Å²) in [6.45, 7) is 2.43. The van der Waals surface area contributed by atoms with Crippen LogP contribution in [0.15, 0.2) is 0 Å². The predicted molar refractivity (Wildman–Crippen MR) is 60.6 cm³/mol. The van der Waals surface area contributed by atoms with Crippen molar-refractivity contribution in [3.63, 3.8) is 0 Å². The van der Waals surface area contributed by atoms with Crippen LogP contribution in [-0.4, -0.2) is 58.1 Å². The molecular formula is C10H15N5O3. The first-order chi connectivity index (χ1) is 8.69. The minimum atomic E-state index is -0.475. The second kappa shape index (κ2) is 4.21. The number of carbonyl (C=O) groups is 1. The number of aromatic amines is 1. The van der Waals surface area contributed by atoms with Gasteiger partial charge in [0.2, 0.25) is 11.8 Å². The van der Waals surface area contributed by atoms with Crippen LogP contribution < -0.4 is 5.73 Å². The van der Waals surface area contributed by atoms with Crippen molar-refractivity contribution in [3.05, 3.63) is 5.82 Å². The van der Waals surface area contributed by atoms with E-state index in [1.165, 1.54) is 0 Å². The summed E-state index contributed by atoms with van der Waals surface area (Å²) < 4.78 is 11.2. The van der Waals surface area contributed by atoms with E-state index in [1.54, 1.807) is 4.90 Å². The molecule has 2 aliphatic heterocycles. The predicted octanol–water partition coefficient (Wildman–Crippen LogP) is -0.634. The number of rotatable bonds is 1. The van der Waals surface area contributed by atoms with Gasteiger partial charge in [-0.1, -0.05) is 0 Å². The first kappa shape index (κ1) is 11.4. The van der Waals surface area contributed by atoms with Gasteiger partial charge in [-0.15, -0.1) is 5.10 Å². The summed E-state index contributed by atoms with van der Waals surface area (Å²) in [4.78, 5) is 17.6. The Morgan fingerprint density at radius 3 is 2.56 bits per heavy atom. The van der Waals surface area contributed by atoms with Crippen molar-refractivity contribution in [2.75, 3.05) is 32.0 Å². The first-order valence-electron chi connectivity index (χ1n) is 5.94. The van der Waals surface area contributed by atoms with Crippen molar-refractivity contribution in [3.8, 4) is 0 Å². The molecule has 1 aromatic rings. The molecule has 1 aromatic heterocycles. The number of nitrogens with two attached hydrogens (primary N) is 1. The third-order valence-electron chi connectivity index (χ3n) is 3.33. The summed E-state index contributed by atoms with van der Waals surface area (Å²) in [6, 6.07) is 0. The molecule has 1 amide bonds. The van der Waals surface area contributed by atoms with Crippen LogP contribution in [0.1, 0.15) is 23.5 Å². The number of anilines is 1. The van der Waals surface area contributed by atoms with Crippen LogP contribution in [0.3, 0.4) is 0 Å². The topological polar surface area (TPSA) is 106 Å². The second-order valence-electron chi connectivity index (χ2n) is 4.44. The maximum atomic E-state index is 12.1. The number of hydrogen-bond donors (Lipinski definition) is 2. The van der Waals surface area contributed by atoms with Gasteiger partial charge in [-0.2, -0.15) is 4.98 Å². The lowest BCUT2D eigenvalue weighted by atomic mass is 10.0. The molecule has 0 bridgehead atoms. The molecule has 2 saturated heterocycles. The second-order valence-corrected chi connectivity index (χ2v) is 4.44. The fourth-order valence-corrected chi connectivity index (χ4v) is 2.36. The highest BCUT2D eigenvalue weighted by molar-refractivity contribution is 5.90. The minimum Gasteiger partial charge on any atom is -0.366 e. The number of nitrogen functional groups attached to an aromatic ring is 1. The molecule has 3 heterocycles. The highest BCUT2D eigenvalue weighted by atomic mass is 16.7. The molecule has 98 valence electrons.